The van der Waals surface area contributed by atoms with Gasteiger partial charge in [0.1, 0.15) is 11.6 Å². The highest BCUT2D eigenvalue weighted by atomic mass is 35.5. The number of nitrogens with two attached hydrogens (primary N) is 1. The minimum atomic E-state index is -0.729. The van der Waals surface area contributed by atoms with Gasteiger partial charge in [-0.2, -0.15) is 0 Å². The molecule has 2 N–H and O–H groups in total. The number of pyridine rings is 1. The second-order valence-electron chi connectivity index (χ2n) is 6.82. The molecule has 3 aromatic rings. The van der Waals surface area contributed by atoms with Crippen LogP contribution in [0.3, 0.4) is 0 Å². The Morgan fingerprint density at radius 3 is 2.65 bits per heavy atom. The van der Waals surface area contributed by atoms with Crippen molar-refractivity contribution in [1.82, 2.24) is 4.98 Å². The largest absolute Gasteiger partial charge is 0.466 e. The van der Waals surface area contributed by atoms with E-state index in [4.69, 9.17) is 26.8 Å². The van der Waals surface area contributed by atoms with Crippen molar-refractivity contribution in [1.29, 1.82) is 0 Å². The van der Waals surface area contributed by atoms with Crippen molar-refractivity contribution in [2.75, 3.05) is 6.61 Å². The van der Waals surface area contributed by atoms with E-state index in [1.54, 1.807) is 43.3 Å². The van der Waals surface area contributed by atoms with Crippen molar-refractivity contribution in [2.45, 2.75) is 25.8 Å². The molecule has 1 unspecified atom stereocenters. The van der Waals surface area contributed by atoms with Crippen molar-refractivity contribution in [3.05, 3.63) is 76.9 Å². The van der Waals surface area contributed by atoms with E-state index in [0.717, 1.165) is 6.07 Å². The zero-order valence-corrected chi connectivity index (χ0v) is 17.5. The number of halogens is 3. The van der Waals surface area contributed by atoms with Gasteiger partial charge in [-0.3, -0.25) is 4.79 Å². The van der Waals surface area contributed by atoms with Crippen molar-refractivity contribution < 1.29 is 23.0 Å². The molecule has 8 heteroatoms. The van der Waals surface area contributed by atoms with E-state index in [2.05, 4.69) is 4.98 Å². The van der Waals surface area contributed by atoms with Gasteiger partial charge in [-0.15, -0.1) is 0 Å². The van der Waals surface area contributed by atoms with E-state index in [1.807, 2.05) is 0 Å². The molecule has 0 radical (unpaired) electrons. The molecule has 1 heterocycles. The summed E-state index contributed by atoms with van der Waals surface area (Å²) in [5.41, 5.74) is 7.68. The molecule has 2 aromatic carbocycles. The van der Waals surface area contributed by atoms with Gasteiger partial charge in [-0.25, -0.2) is 13.8 Å². The zero-order chi connectivity index (χ0) is 22.4. The molecule has 1 atom stereocenters. The highest BCUT2D eigenvalue weighted by Crippen LogP contribution is 2.32. The third-order valence-electron chi connectivity index (χ3n) is 4.44. The lowest BCUT2D eigenvalue weighted by molar-refractivity contribution is -0.143. The molecule has 0 saturated carbocycles. The Morgan fingerprint density at radius 1 is 1.16 bits per heavy atom. The standard InChI is InChI=1S/C23H21ClF2N2O3/c1-2-30-22(29)12-17(27)10-15-9-14(18-5-3-4-6-19(18)25)7-8-21(15)31-23-20(26)11-16(24)13-28-23/h3-9,11,13,17H,2,10,12,27H2,1H3. The normalized spacial score (nSPS) is 11.8. The maximum atomic E-state index is 14.3. The van der Waals surface area contributed by atoms with Gasteiger partial charge in [0.2, 0.25) is 0 Å². The lowest BCUT2D eigenvalue weighted by Crippen LogP contribution is -2.27. The number of ether oxygens (including phenoxy) is 2. The number of carbonyl (C=O) groups is 1. The summed E-state index contributed by atoms with van der Waals surface area (Å²) in [4.78, 5) is 15.6. The van der Waals surface area contributed by atoms with Gasteiger partial charge in [0.15, 0.2) is 5.82 Å². The number of carbonyl (C=O) groups excluding carboxylic acids is 1. The smallest absolute Gasteiger partial charge is 0.307 e. The van der Waals surface area contributed by atoms with Crippen LogP contribution >= 0.6 is 11.6 Å². The summed E-state index contributed by atoms with van der Waals surface area (Å²) >= 11 is 5.74. The lowest BCUT2D eigenvalue weighted by atomic mass is 9.97. The molecule has 162 valence electrons. The first-order valence-corrected chi connectivity index (χ1v) is 10.0. The maximum absolute atomic E-state index is 14.3. The van der Waals surface area contributed by atoms with Crippen LogP contribution in [0.15, 0.2) is 54.7 Å². The average Bonchev–Trinajstić information content (AvgIpc) is 2.71. The predicted octanol–water partition coefficient (Wildman–Crippen LogP) is 5.30. The molecular weight excluding hydrogens is 426 g/mol. The Labute approximate surface area is 183 Å². The van der Waals surface area contributed by atoms with E-state index >= 15 is 0 Å². The molecule has 0 saturated heterocycles. The Balaban J connectivity index is 1.95. The number of nitrogens with zero attached hydrogens (tertiary/aromatic N) is 1. The number of esters is 1. The van der Waals surface area contributed by atoms with Crippen LogP contribution in [0.4, 0.5) is 8.78 Å². The summed E-state index contributed by atoms with van der Waals surface area (Å²) < 4.78 is 39.1. The number of hydrogen-bond donors (Lipinski definition) is 1. The van der Waals surface area contributed by atoms with E-state index < -0.39 is 17.8 Å². The summed E-state index contributed by atoms with van der Waals surface area (Å²) in [6.07, 6.45) is 1.47. The molecular formula is C23H21ClF2N2O3. The molecule has 31 heavy (non-hydrogen) atoms. The molecule has 0 aliphatic rings. The van der Waals surface area contributed by atoms with Crippen molar-refractivity contribution >= 4 is 17.6 Å². The van der Waals surface area contributed by atoms with Gasteiger partial charge in [0.25, 0.3) is 5.88 Å². The fourth-order valence-corrected chi connectivity index (χ4v) is 3.22. The lowest BCUT2D eigenvalue weighted by Gasteiger charge is -2.16. The molecule has 0 fully saturated rings. The summed E-state index contributed by atoms with van der Waals surface area (Å²) in [6, 6.07) is 11.8. The first-order chi connectivity index (χ1) is 14.9. The molecule has 0 spiro atoms. The average molecular weight is 447 g/mol. The van der Waals surface area contributed by atoms with E-state index in [9.17, 15) is 13.6 Å². The molecule has 1 aromatic heterocycles. The highest BCUT2D eigenvalue weighted by Gasteiger charge is 2.17. The summed E-state index contributed by atoms with van der Waals surface area (Å²) in [6.45, 7) is 1.96. The minimum absolute atomic E-state index is 0.00916. The quantitative estimate of drug-likeness (QED) is 0.475. The predicted molar refractivity (Wildman–Crippen MR) is 114 cm³/mol. The highest BCUT2D eigenvalue weighted by molar-refractivity contribution is 6.30. The fourth-order valence-electron chi connectivity index (χ4n) is 3.07. The third kappa shape index (κ3) is 5.99. The van der Waals surface area contributed by atoms with Gasteiger partial charge < -0.3 is 15.2 Å². The molecule has 0 amide bonds. The molecule has 0 aliphatic heterocycles. The number of aromatic nitrogens is 1. The van der Waals surface area contributed by atoms with Crippen LogP contribution in [0.25, 0.3) is 11.1 Å². The van der Waals surface area contributed by atoms with Gasteiger partial charge >= 0.3 is 5.97 Å². The second-order valence-corrected chi connectivity index (χ2v) is 7.25. The number of rotatable bonds is 8. The Hall–Kier alpha value is -3.03. The van der Waals surface area contributed by atoms with Crippen LogP contribution in [0.1, 0.15) is 18.9 Å². The van der Waals surface area contributed by atoms with Gasteiger partial charge in [0, 0.05) is 17.8 Å². The molecule has 0 aliphatic carbocycles. The van der Waals surface area contributed by atoms with Crippen LogP contribution in [0, 0.1) is 11.6 Å². The Morgan fingerprint density at radius 2 is 1.94 bits per heavy atom. The summed E-state index contributed by atoms with van der Waals surface area (Å²) in [7, 11) is 0. The zero-order valence-electron chi connectivity index (χ0n) is 16.8. The summed E-state index contributed by atoms with van der Waals surface area (Å²) in [5, 5.41) is 0.136. The van der Waals surface area contributed by atoms with Gasteiger partial charge in [-0.05, 0) is 48.7 Å². The topological polar surface area (TPSA) is 74.4 Å². The van der Waals surface area contributed by atoms with E-state index in [0.29, 0.717) is 16.7 Å². The number of hydrogen-bond acceptors (Lipinski definition) is 5. The molecule has 5 nitrogen and oxygen atoms in total. The second kappa shape index (κ2) is 10.3. The maximum Gasteiger partial charge on any atom is 0.307 e. The minimum Gasteiger partial charge on any atom is -0.466 e. The van der Waals surface area contributed by atoms with Crippen molar-refractivity contribution in [3.8, 4) is 22.8 Å². The SMILES string of the molecule is CCOC(=O)CC(N)Cc1cc(-c2ccccc2F)ccc1Oc1ncc(Cl)cc1F. The molecule has 3 rings (SSSR count). The Kier molecular flexibility index (Phi) is 7.55. The van der Waals surface area contributed by atoms with Crippen molar-refractivity contribution in [3.63, 3.8) is 0 Å². The van der Waals surface area contributed by atoms with Gasteiger partial charge in [0.05, 0.1) is 18.1 Å². The number of benzene rings is 2. The van der Waals surface area contributed by atoms with Crippen LogP contribution < -0.4 is 10.5 Å². The van der Waals surface area contributed by atoms with Gasteiger partial charge in [-0.1, -0.05) is 35.9 Å². The molecule has 0 bridgehead atoms. The van der Waals surface area contributed by atoms with E-state index in [-0.39, 0.29) is 41.9 Å². The summed E-state index contributed by atoms with van der Waals surface area (Å²) in [5.74, 6) is -1.51. The van der Waals surface area contributed by atoms with E-state index in [1.165, 1.54) is 12.3 Å². The van der Waals surface area contributed by atoms with Crippen LogP contribution in [-0.2, 0) is 16.0 Å². The van der Waals surface area contributed by atoms with Crippen LogP contribution in [0.2, 0.25) is 5.02 Å². The van der Waals surface area contributed by atoms with Crippen LogP contribution in [0.5, 0.6) is 11.6 Å². The van der Waals surface area contributed by atoms with Crippen LogP contribution in [-0.4, -0.2) is 23.6 Å². The fraction of sp³-hybridized carbons (Fsp3) is 0.217. The first kappa shape index (κ1) is 22.7. The first-order valence-electron chi connectivity index (χ1n) is 9.65. The Bertz CT molecular complexity index is 1080. The third-order valence-corrected chi connectivity index (χ3v) is 4.65. The van der Waals surface area contributed by atoms with Crippen molar-refractivity contribution in [2.24, 2.45) is 5.73 Å². The monoisotopic (exact) mass is 446 g/mol.